The largest absolute Gasteiger partial charge is 0.378 e. The second-order valence-electron chi connectivity index (χ2n) is 5.50. The number of morpholine rings is 1. The zero-order valence-electron chi connectivity index (χ0n) is 12.1. The van der Waals surface area contributed by atoms with Crippen LogP contribution in [-0.2, 0) is 9.53 Å². The Labute approximate surface area is 120 Å². The Morgan fingerprint density at radius 2 is 2.11 bits per heavy atom. The molecule has 1 aliphatic heterocycles. The highest BCUT2D eigenvalue weighted by Crippen LogP contribution is 2.31. The van der Waals surface area contributed by atoms with Gasteiger partial charge in [-0.1, -0.05) is 6.42 Å². The average Bonchev–Trinajstić information content (AvgIpc) is 2.93. The van der Waals surface area contributed by atoms with Crippen LogP contribution in [0.15, 0.2) is 0 Å². The van der Waals surface area contributed by atoms with Crippen LogP contribution in [0.1, 0.15) is 25.7 Å². The van der Waals surface area contributed by atoms with E-state index in [4.69, 9.17) is 4.74 Å². The van der Waals surface area contributed by atoms with Gasteiger partial charge in [-0.05, 0) is 26.1 Å². The summed E-state index contributed by atoms with van der Waals surface area (Å²) < 4.78 is 5.28. The summed E-state index contributed by atoms with van der Waals surface area (Å²) in [7, 11) is 2.17. The third-order valence-electron chi connectivity index (χ3n) is 4.33. The maximum atomic E-state index is 12.1. The molecule has 2 rings (SSSR count). The first kappa shape index (κ1) is 15.1. The molecule has 0 aromatic rings. The van der Waals surface area contributed by atoms with Crippen molar-refractivity contribution in [3.8, 4) is 0 Å². The first-order valence-corrected chi connectivity index (χ1v) is 8.59. The molecule has 0 spiro atoms. The third kappa shape index (κ3) is 4.10. The molecule has 110 valence electrons. The number of amides is 1. The predicted molar refractivity (Wildman–Crippen MR) is 79.6 cm³/mol. The number of nitrogens with zero attached hydrogens (tertiary/aromatic N) is 2. The Kier molecular flexibility index (Phi) is 5.98. The Morgan fingerprint density at radius 3 is 2.79 bits per heavy atom. The van der Waals surface area contributed by atoms with Crippen LogP contribution in [0.4, 0.5) is 0 Å². The minimum Gasteiger partial charge on any atom is -0.378 e. The molecule has 2 aliphatic rings. The molecular formula is C14H26N2O2S. The quantitative estimate of drug-likeness (QED) is 0.766. The van der Waals surface area contributed by atoms with Crippen LogP contribution in [-0.4, -0.2) is 73.2 Å². The third-order valence-corrected chi connectivity index (χ3v) is 5.48. The van der Waals surface area contributed by atoms with Gasteiger partial charge in [-0.3, -0.25) is 4.79 Å². The van der Waals surface area contributed by atoms with Gasteiger partial charge in [0, 0.05) is 37.3 Å². The Morgan fingerprint density at radius 1 is 1.37 bits per heavy atom. The molecule has 5 heteroatoms. The van der Waals surface area contributed by atoms with Gasteiger partial charge in [0.15, 0.2) is 0 Å². The lowest BCUT2D eigenvalue weighted by molar-refractivity contribution is -0.135. The summed E-state index contributed by atoms with van der Waals surface area (Å²) in [6.07, 6.45) is 6.79. The lowest BCUT2D eigenvalue weighted by Crippen LogP contribution is -2.43. The molecule has 0 aromatic heterocycles. The smallest absolute Gasteiger partial charge is 0.224 e. The molecule has 1 amide bonds. The molecule has 0 radical (unpaired) electrons. The van der Waals surface area contributed by atoms with E-state index >= 15 is 0 Å². The van der Waals surface area contributed by atoms with Crippen molar-refractivity contribution in [2.75, 3.05) is 46.2 Å². The SMILES string of the molecule is CS[C@H]1CCC[C@@H]1N(C)CCC(=O)N1CCOCC1. The summed E-state index contributed by atoms with van der Waals surface area (Å²) in [5.41, 5.74) is 0. The summed E-state index contributed by atoms with van der Waals surface area (Å²) in [5.74, 6) is 0.286. The highest BCUT2D eigenvalue weighted by molar-refractivity contribution is 7.99. The van der Waals surface area contributed by atoms with Gasteiger partial charge < -0.3 is 14.5 Å². The monoisotopic (exact) mass is 286 g/mol. The summed E-state index contributed by atoms with van der Waals surface area (Å²) in [6.45, 7) is 3.80. The second-order valence-corrected chi connectivity index (χ2v) is 6.57. The number of thioether (sulfide) groups is 1. The van der Waals surface area contributed by atoms with Crippen molar-refractivity contribution in [2.45, 2.75) is 37.0 Å². The molecule has 2 fully saturated rings. The summed E-state index contributed by atoms with van der Waals surface area (Å²) >= 11 is 1.98. The highest BCUT2D eigenvalue weighted by Gasteiger charge is 2.30. The molecule has 0 unspecified atom stereocenters. The summed E-state index contributed by atoms with van der Waals surface area (Å²) in [5, 5.41) is 0.753. The number of ether oxygens (including phenoxy) is 1. The van der Waals surface area contributed by atoms with Crippen LogP contribution < -0.4 is 0 Å². The number of hydrogen-bond acceptors (Lipinski definition) is 4. The van der Waals surface area contributed by atoms with Crippen LogP contribution in [0.3, 0.4) is 0 Å². The Balaban J connectivity index is 1.73. The van der Waals surface area contributed by atoms with Crippen molar-refractivity contribution >= 4 is 17.7 Å². The topological polar surface area (TPSA) is 32.8 Å². The van der Waals surface area contributed by atoms with Crippen molar-refractivity contribution in [1.82, 2.24) is 9.80 Å². The normalized spacial score (nSPS) is 28.1. The lowest BCUT2D eigenvalue weighted by Gasteiger charge is -2.31. The van der Waals surface area contributed by atoms with E-state index in [0.717, 1.165) is 24.9 Å². The highest BCUT2D eigenvalue weighted by atomic mass is 32.2. The molecular weight excluding hydrogens is 260 g/mol. The minimum atomic E-state index is 0.286. The van der Waals surface area contributed by atoms with Gasteiger partial charge in [-0.25, -0.2) is 0 Å². The first-order valence-electron chi connectivity index (χ1n) is 7.31. The van der Waals surface area contributed by atoms with E-state index < -0.39 is 0 Å². The summed E-state index contributed by atoms with van der Waals surface area (Å²) in [6, 6.07) is 0.660. The average molecular weight is 286 g/mol. The Bertz CT molecular complexity index is 295. The van der Waals surface area contributed by atoms with E-state index in [2.05, 4.69) is 18.2 Å². The fraction of sp³-hybridized carbons (Fsp3) is 0.929. The maximum absolute atomic E-state index is 12.1. The van der Waals surface area contributed by atoms with Crippen LogP contribution in [0.2, 0.25) is 0 Å². The molecule has 19 heavy (non-hydrogen) atoms. The second kappa shape index (κ2) is 7.50. The molecule has 0 N–H and O–H groups in total. The molecule has 2 atom stereocenters. The molecule has 0 bridgehead atoms. The van der Waals surface area contributed by atoms with E-state index in [1.807, 2.05) is 16.7 Å². The predicted octanol–water partition coefficient (Wildman–Crippen LogP) is 1.45. The number of rotatable bonds is 5. The van der Waals surface area contributed by atoms with Crippen LogP contribution in [0.25, 0.3) is 0 Å². The van der Waals surface area contributed by atoms with Crippen molar-refractivity contribution in [2.24, 2.45) is 0 Å². The van der Waals surface area contributed by atoms with Gasteiger partial charge in [-0.15, -0.1) is 0 Å². The van der Waals surface area contributed by atoms with Crippen LogP contribution in [0, 0.1) is 0 Å². The zero-order valence-corrected chi connectivity index (χ0v) is 13.0. The summed E-state index contributed by atoms with van der Waals surface area (Å²) in [4.78, 5) is 16.4. The van der Waals surface area contributed by atoms with E-state index in [-0.39, 0.29) is 5.91 Å². The van der Waals surface area contributed by atoms with E-state index in [1.54, 1.807) is 0 Å². The Hall–Kier alpha value is -0.260. The number of carbonyl (C=O) groups is 1. The van der Waals surface area contributed by atoms with E-state index in [9.17, 15) is 4.79 Å². The van der Waals surface area contributed by atoms with Gasteiger partial charge in [0.25, 0.3) is 0 Å². The lowest BCUT2D eigenvalue weighted by atomic mass is 10.2. The minimum absolute atomic E-state index is 0.286. The van der Waals surface area contributed by atoms with Gasteiger partial charge in [-0.2, -0.15) is 11.8 Å². The molecule has 1 aliphatic carbocycles. The maximum Gasteiger partial charge on any atom is 0.224 e. The number of hydrogen-bond donors (Lipinski definition) is 0. The standard InChI is InChI=1S/C14H26N2O2S/c1-15(12-4-3-5-13(12)19-2)7-6-14(17)16-8-10-18-11-9-16/h12-13H,3-11H2,1-2H3/t12-,13-/m0/s1. The van der Waals surface area contributed by atoms with E-state index in [1.165, 1.54) is 19.3 Å². The van der Waals surface area contributed by atoms with Gasteiger partial charge >= 0.3 is 0 Å². The number of carbonyl (C=O) groups excluding carboxylic acids is 1. The van der Waals surface area contributed by atoms with Gasteiger partial charge in [0.2, 0.25) is 5.91 Å². The molecule has 1 heterocycles. The van der Waals surface area contributed by atoms with Crippen molar-refractivity contribution < 1.29 is 9.53 Å². The first-order chi connectivity index (χ1) is 9.22. The molecule has 1 saturated carbocycles. The zero-order chi connectivity index (χ0) is 13.7. The van der Waals surface area contributed by atoms with Crippen LogP contribution >= 0.6 is 11.8 Å². The van der Waals surface area contributed by atoms with Crippen LogP contribution in [0.5, 0.6) is 0 Å². The van der Waals surface area contributed by atoms with Crippen molar-refractivity contribution in [3.05, 3.63) is 0 Å². The molecule has 4 nitrogen and oxygen atoms in total. The van der Waals surface area contributed by atoms with Gasteiger partial charge in [0.05, 0.1) is 13.2 Å². The van der Waals surface area contributed by atoms with Crippen molar-refractivity contribution in [3.63, 3.8) is 0 Å². The van der Waals surface area contributed by atoms with Crippen molar-refractivity contribution in [1.29, 1.82) is 0 Å². The fourth-order valence-electron chi connectivity index (χ4n) is 3.09. The van der Waals surface area contributed by atoms with E-state index in [0.29, 0.717) is 25.7 Å². The molecule has 1 saturated heterocycles. The fourth-order valence-corrected chi connectivity index (χ4v) is 4.15. The molecule has 0 aromatic carbocycles. The van der Waals surface area contributed by atoms with Gasteiger partial charge in [0.1, 0.15) is 0 Å².